The van der Waals surface area contributed by atoms with Gasteiger partial charge in [0.2, 0.25) is 5.91 Å². The van der Waals surface area contributed by atoms with Crippen LogP contribution < -0.4 is 5.32 Å². The van der Waals surface area contributed by atoms with Crippen LogP contribution in [0.25, 0.3) is 0 Å². The molecule has 0 radical (unpaired) electrons. The zero-order chi connectivity index (χ0) is 15.4. The van der Waals surface area contributed by atoms with Crippen LogP contribution in [0.3, 0.4) is 0 Å². The molecule has 0 saturated carbocycles. The summed E-state index contributed by atoms with van der Waals surface area (Å²) < 4.78 is 0. The number of aryl methyl sites for hydroxylation is 1. The van der Waals surface area contributed by atoms with Crippen molar-refractivity contribution in [1.29, 1.82) is 0 Å². The lowest BCUT2D eigenvalue weighted by atomic mass is 10.0. The van der Waals surface area contributed by atoms with Crippen LogP contribution in [-0.4, -0.2) is 55.0 Å². The summed E-state index contributed by atoms with van der Waals surface area (Å²) in [5.74, 6) is 0.316. The van der Waals surface area contributed by atoms with Gasteiger partial charge in [0.25, 0.3) is 0 Å². The Bertz CT molecular complexity index is 511. The minimum absolute atomic E-state index is 0.316. The Morgan fingerprint density at radius 3 is 2.86 bits per heavy atom. The van der Waals surface area contributed by atoms with Crippen LogP contribution in [0.1, 0.15) is 36.4 Å². The van der Waals surface area contributed by atoms with Gasteiger partial charge in [-0.05, 0) is 31.9 Å². The fourth-order valence-corrected chi connectivity index (χ4v) is 3.66. The van der Waals surface area contributed by atoms with E-state index in [-0.39, 0.29) is 0 Å². The van der Waals surface area contributed by atoms with Crippen molar-refractivity contribution in [2.75, 3.05) is 39.3 Å². The van der Waals surface area contributed by atoms with E-state index >= 15 is 0 Å². The van der Waals surface area contributed by atoms with E-state index in [1.54, 1.807) is 0 Å². The topological polar surface area (TPSA) is 35.6 Å². The molecule has 120 valence electrons. The van der Waals surface area contributed by atoms with Gasteiger partial charge in [-0.1, -0.05) is 29.8 Å². The molecule has 2 aliphatic rings. The lowest BCUT2D eigenvalue weighted by Gasteiger charge is -2.29. The van der Waals surface area contributed by atoms with Crippen molar-refractivity contribution in [2.45, 2.75) is 32.2 Å². The summed E-state index contributed by atoms with van der Waals surface area (Å²) in [5, 5.41) is 3.30. The maximum atomic E-state index is 12.3. The SMILES string of the molecule is Cc1cccc(C2CCCN2CCC(=O)N2CCNCC2)c1. The van der Waals surface area contributed by atoms with E-state index in [4.69, 9.17) is 0 Å². The molecule has 1 atom stereocenters. The minimum atomic E-state index is 0.316. The Hall–Kier alpha value is -1.39. The summed E-state index contributed by atoms with van der Waals surface area (Å²) in [5.41, 5.74) is 2.73. The van der Waals surface area contributed by atoms with Gasteiger partial charge in [0.05, 0.1) is 0 Å². The van der Waals surface area contributed by atoms with E-state index in [0.717, 1.165) is 39.3 Å². The first-order valence-corrected chi connectivity index (χ1v) is 8.53. The Labute approximate surface area is 133 Å². The molecule has 1 unspecified atom stereocenters. The number of likely N-dealkylation sites (tertiary alicyclic amines) is 1. The summed E-state index contributed by atoms with van der Waals surface area (Å²) >= 11 is 0. The van der Waals surface area contributed by atoms with Crippen LogP contribution in [0.2, 0.25) is 0 Å². The highest BCUT2D eigenvalue weighted by atomic mass is 16.2. The van der Waals surface area contributed by atoms with E-state index in [9.17, 15) is 4.79 Å². The van der Waals surface area contributed by atoms with E-state index < -0.39 is 0 Å². The van der Waals surface area contributed by atoms with Gasteiger partial charge in [0.1, 0.15) is 0 Å². The number of hydrogen-bond acceptors (Lipinski definition) is 3. The van der Waals surface area contributed by atoms with Gasteiger partial charge in [-0.25, -0.2) is 0 Å². The molecule has 22 heavy (non-hydrogen) atoms. The number of benzene rings is 1. The zero-order valence-corrected chi connectivity index (χ0v) is 13.6. The van der Waals surface area contributed by atoms with Crippen molar-refractivity contribution >= 4 is 5.91 Å². The van der Waals surface area contributed by atoms with Gasteiger partial charge in [-0.3, -0.25) is 9.69 Å². The standard InChI is InChI=1S/C18H27N3O/c1-15-4-2-5-16(14-15)17-6-3-10-20(17)11-7-18(22)21-12-8-19-9-13-21/h2,4-5,14,17,19H,3,6-13H2,1H3. The first-order valence-electron chi connectivity index (χ1n) is 8.53. The Kier molecular flexibility index (Phi) is 5.11. The summed E-state index contributed by atoms with van der Waals surface area (Å²) in [6.45, 7) is 7.74. The average Bonchev–Trinajstić information content (AvgIpc) is 3.02. The van der Waals surface area contributed by atoms with E-state index in [0.29, 0.717) is 18.4 Å². The maximum Gasteiger partial charge on any atom is 0.223 e. The van der Waals surface area contributed by atoms with Crippen LogP contribution in [0.15, 0.2) is 24.3 Å². The molecule has 0 bridgehead atoms. The molecule has 2 fully saturated rings. The fourth-order valence-electron chi connectivity index (χ4n) is 3.66. The molecule has 2 saturated heterocycles. The fraction of sp³-hybridized carbons (Fsp3) is 0.611. The lowest BCUT2D eigenvalue weighted by Crippen LogP contribution is -2.47. The van der Waals surface area contributed by atoms with Crippen LogP contribution >= 0.6 is 0 Å². The molecular formula is C18H27N3O. The van der Waals surface area contributed by atoms with Crippen LogP contribution in [0.4, 0.5) is 0 Å². The maximum absolute atomic E-state index is 12.3. The summed E-state index contributed by atoms with van der Waals surface area (Å²) in [4.78, 5) is 16.8. The van der Waals surface area contributed by atoms with Crippen molar-refractivity contribution in [1.82, 2.24) is 15.1 Å². The number of carbonyl (C=O) groups excluding carboxylic acids is 1. The molecule has 2 heterocycles. The van der Waals surface area contributed by atoms with Crippen molar-refractivity contribution < 1.29 is 4.79 Å². The Balaban J connectivity index is 1.56. The predicted octanol–water partition coefficient (Wildman–Crippen LogP) is 1.95. The molecule has 4 nitrogen and oxygen atoms in total. The van der Waals surface area contributed by atoms with E-state index in [2.05, 4.69) is 41.4 Å². The highest BCUT2D eigenvalue weighted by Gasteiger charge is 2.27. The third-order valence-corrected chi connectivity index (χ3v) is 4.87. The number of nitrogens with zero attached hydrogens (tertiary/aromatic N) is 2. The minimum Gasteiger partial charge on any atom is -0.340 e. The van der Waals surface area contributed by atoms with Gasteiger partial charge in [-0.2, -0.15) is 0 Å². The van der Waals surface area contributed by atoms with E-state index in [1.807, 2.05) is 4.90 Å². The molecule has 1 amide bonds. The molecule has 3 rings (SSSR count). The molecule has 1 aromatic carbocycles. The first-order chi connectivity index (χ1) is 10.7. The average molecular weight is 301 g/mol. The van der Waals surface area contributed by atoms with Crippen LogP contribution in [0, 0.1) is 6.92 Å². The van der Waals surface area contributed by atoms with Gasteiger partial charge < -0.3 is 10.2 Å². The van der Waals surface area contributed by atoms with Gasteiger partial charge >= 0.3 is 0 Å². The molecule has 4 heteroatoms. The van der Waals surface area contributed by atoms with Crippen molar-refractivity contribution in [3.63, 3.8) is 0 Å². The van der Waals surface area contributed by atoms with Crippen molar-refractivity contribution in [3.05, 3.63) is 35.4 Å². The number of carbonyl (C=O) groups is 1. The largest absolute Gasteiger partial charge is 0.340 e. The Morgan fingerprint density at radius 2 is 2.09 bits per heavy atom. The number of piperazine rings is 1. The second-order valence-corrected chi connectivity index (χ2v) is 6.49. The summed E-state index contributed by atoms with van der Waals surface area (Å²) in [6.07, 6.45) is 3.11. The monoisotopic (exact) mass is 301 g/mol. The second kappa shape index (κ2) is 7.25. The quantitative estimate of drug-likeness (QED) is 0.923. The van der Waals surface area contributed by atoms with Crippen LogP contribution in [0.5, 0.6) is 0 Å². The predicted molar refractivity (Wildman–Crippen MR) is 88.8 cm³/mol. The van der Waals surface area contributed by atoms with Crippen molar-refractivity contribution in [2.24, 2.45) is 0 Å². The highest BCUT2D eigenvalue weighted by Crippen LogP contribution is 2.32. The lowest BCUT2D eigenvalue weighted by molar-refractivity contribution is -0.132. The first kappa shape index (κ1) is 15.5. The molecule has 2 aliphatic heterocycles. The smallest absolute Gasteiger partial charge is 0.223 e. The molecule has 0 aliphatic carbocycles. The normalized spacial score (nSPS) is 23.0. The molecule has 0 aromatic heterocycles. The van der Waals surface area contributed by atoms with Gasteiger partial charge in [0, 0.05) is 45.2 Å². The number of hydrogen-bond donors (Lipinski definition) is 1. The van der Waals surface area contributed by atoms with Crippen molar-refractivity contribution in [3.8, 4) is 0 Å². The molecule has 1 aromatic rings. The third-order valence-electron chi connectivity index (χ3n) is 4.87. The zero-order valence-electron chi connectivity index (χ0n) is 13.6. The van der Waals surface area contributed by atoms with Gasteiger partial charge in [0.15, 0.2) is 0 Å². The highest BCUT2D eigenvalue weighted by molar-refractivity contribution is 5.76. The van der Waals surface area contributed by atoms with E-state index in [1.165, 1.54) is 24.0 Å². The number of amides is 1. The van der Waals surface area contributed by atoms with Gasteiger partial charge in [-0.15, -0.1) is 0 Å². The second-order valence-electron chi connectivity index (χ2n) is 6.49. The molecular weight excluding hydrogens is 274 g/mol. The summed E-state index contributed by atoms with van der Waals surface area (Å²) in [6, 6.07) is 9.31. The third kappa shape index (κ3) is 3.68. The summed E-state index contributed by atoms with van der Waals surface area (Å²) in [7, 11) is 0. The molecule has 0 spiro atoms. The van der Waals surface area contributed by atoms with Crippen LogP contribution in [-0.2, 0) is 4.79 Å². The number of rotatable bonds is 4. The Morgan fingerprint density at radius 1 is 1.27 bits per heavy atom. The number of nitrogens with one attached hydrogen (secondary N) is 1. The molecule has 1 N–H and O–H groups in total.